The molecule has 0 fully saturated rings. The third kappa shape index (κ3) is 1.43. The van der Waals surface area contributed by atoms with E-state index in [1.54, 1.807) is 19.1 Å². The Balaban J connectivity index is 2.89. The summed E-state index contributed by atoms with van der Waals surface area (Å²) in [6.07, 6.45) is 4.76. The maximum absolute atomic E-state index is 12.8. The Morgan fingerprint density at radius 3 is 2.80 bits per heavy atom. The molecule has 0 saturated heterocycles. The highest BCUT2D eigenvalue weighted by Gasteiger charge is 2.32. The Hall–Kier alpha value is 0.180. The summed E-state index contributed by atoms with van der Waals surface area (Å²) in [5.41, 5.74) is 0. The zero-order chi connectivity index (χ0) is 7.78. The molecule has 0 bridgehead atoms. The highest BCUT2D eigenvalue weighted by molar-refractivity contribution is 9.10. The molecule has 0 saturated carbocycles. The van der Waals surface area contributed by atoms with Crippen LogP contribution in [0.3, 0.4) is 0 Å². The van der Waals surface area contributed by atoms with Gasteiger partial charge in [0.05, 0.1) is 0 Å². The molecule has 10 heavy (non-hydrogen) atoms. The van der Waals surface area contributed by atoms with Gasteiger partial charge in [-0.3, -0.25) is 0 Å². The zero-order valence-electron chi connectivity index (χ0n) is 5.44. The molecule has 0 amide bonds. The molecule has 1 rings (SSSR count). The number of rotatable bonds is 0. The molecule has 0 nitrogen and oxygen atoms in total. The first-order chi connectivity index (χ1) is 4.54. The molecule has 56 valence electrons. The molecule has 0 aromatic rings. The van der Waals surface area contributed by atoms with Gasteiger partial charge in [0.15, 0.2) is 0 Å². The van der Waals surface area contributed by atoms with E-state index in [0.29, 0.717) is 0 Å². The van der Waals surface area contributed by atoms with E-state index in [4.69, 9.17) is 11.6 Å². The molecule has 0 spiro atoms. The van der Waals surface area contributed by atoms with Gasteiger partial charge in [0, 0.05) is 5.92 Å². The van der Waals surface area contributed by atoms with Crippen molar-refractivity contribution < 1.29 is 4.39 Å². The minimum Gasteiger partial charge on any atom is -0.211 e. The number of allylic oxidation sites excluding steroid dienone is 4. The molecule has 3 heteroatoms. The molecule has 2 atom stereocenters. The van der Waals surface area contributed by atoms with Crippen LogP contribution in [-0.2, 0) is 0 Å². The zero-order valence-corrected chi connectivity index (χ0v) is 7.79. The molecule has 0 aromatic heterocycles. The van der Waals surface area contributed by atoms with Crippen LogP contribution in [0.4, 0.5) is 4.39 Å². The predicted molar refractivity (Wildman–Crippen MR) is 45.0 cm³/mol. The Morgan fingerprint density at radius 2 is 2.40 bits per heavy atom. The van der Waals surface area contributed by atoms with E-state index in [9.17, 15) is 4.39 Å². The van der Waals surface area contributed by atoms with Crippen LogP contribution in [0.25, 0.3) is 0 Å². The molecule has 0 aromatic carbocycles. The summed E-state index contributed by atoms with van der Waals surface area (Å²) in [6.45, 7) is 1.73. The Bertz CT molecular complexity index is 196. The van der Waals surface area contributed by atoms with Crippen molar-refractivity contribution in [2.45, 2.75) is 10.7 Å². The van der Waals surface area contributed by atoms with Gasteiger partial charge < -0.3 is 0 Å². The number of hydrogen-bond donors (Lipinski definition) is 0. The maximum atomic E-state index is 12.8. The van der Waals surface area contributed by atoms with Gasteiger partial charge in [-0.1, -0.05) is 35.0 Å². The summed E-state index contributed by atoms with van der Waals surface area (Å²) in [6, 6.07) is 0. The Kier molecular flexibility index (Phi) is 2.21. The van der Waals surface area contributed by atoms with Crippen molar-refractivity contribution in [2.75, 3.05) is 0 Å². The fourth-order valence-electron chi connectivity index (χ4n) is 0.741. The lowest BCUT2D eigenvalue weighted by Gasteiger charge is -2.24. The molecule has 2 unspecified atom stereocenters. The molecule has 0 N–H and O–H groups in total. The van der Waals surface area contributed by atoms with E-state index in [1.165, 1.54) is 6.08 Å². The first-order valence-electron chi connectivity index (χ1n) is 2.97. The van der Waals surface area contributed by atoms with Crippen molar-refractivity contribution in [1.29, 1.82) is 0 Å². The van der Waals surface area contributed by atoms with Gasteiger partial charge in [-0.05, 0) is 6.08 Å². The van der Waals surface area contributed by atoms with Crippen LogP contribution < -0.4 is 0 Å². The van der Waals surface area contributed by atoms with E-state index >= 15 is 0 Å². The summed E-state index contributed by atoms with van der Waals surface area (Å²) >= 11 is 9.06. The highest BCUT2D eigenvalue weighted by atomic mass is 79.9. The average molecular weight is 225 g/mol. The Labute approximate surface area is 72.9 Å². The van der Waals surface area contributed by atoms with Crippen molar-refractivity contribution >= 4 is 27.5 Å². The lowest BCUT2D eigenvalue weighted by molar-refractivity contribution is 0.484. The smallest absolute Gasteiger partial charge is 0.126 e. The van der Waals surface area contributed by atoms with Crippen LogP contribution in [0.2, 0.25) is 0 Å². The van der Waals surface area contributed by atoms with Crippen molar-refractivity contribution in [3.63, 3.8) is 0 Å². The second-order valence-corrected chi connectivity index (χ2v) is 4.70. The van der Waals surface area contributed by atoms with E-state index < -0.39 is 3.78 Å². The van der Waals surface area contributed by atoms with E-state index in [0.717, 1.165) is 0 Å². The first kappa shape index (κ1) is 8.28. The summed E-state index contributed by atoms with van der Waals surface area (Å²) in [5.74, 6) is -0.478. The second kappa shape index (κ2) is 2.67. The van der Waals surface area contributed by atoms with E-state index in [-0.39, 0.29) is 11.7 Å². The first-order valence-corrected chi connectivity index (χ1v) is 4.14. The van der Waals surface area contributed by atoms with Crippen LogP contribution in [0.15, 0.2) is 24.1 Å². The number of alkyl halides is 2. The molecule has 1 aliphatic carbocycles. The van der Waals surface area contributed by atoms with Crippen LogP contribution in [-0.4, -0.2) is 3.78 Å². The highest BCUT2D eigenvalue weighted by Crippen LogP contribution is 2.40. The second-order valence-electron chi connectivity index (χ2n) is 2.31. The Morgan fingerprint density at radius 1 is 1.80 bits per heavy atom. The van der Waals surface area contributed by atoms with Gasteiger partial charge in [-0.25, -0.2) is 4.39 Å². The van der Waals surface area contributed by atoms with Crippen LogP contribution in [0, 0.1) is 5.92 Å². The van der Waals surface area contributed by atoms with Crippen LogP contribution in [0.5, 0.6) is 0 Å². The normalized spacial score (nSPS) is 39.6. The quantitative estimate of drug-likeness (QED) is 0.555. The van der Waals surface area contributed by atoms with Gasteiger partial charge in [0.25, 0.3) is 0 Å². The third-order valence-electron chi connectivity index (χ3n) is 1.56. The molecule has 0 aliphatic heterocycles. The molecular weight excluding hydrogens is 218 g/mol. The minimum atomic E-state index is -0.730. The molecule has 0 radical (unpaired) electrons. The maximum Gasteiger partial charge on any atom is 0.126 e. The lowest BCUT2D eigenvalue weighted by Crippen LogP contribution is -2.22. The molecular formula is C7H7BrClF. The monoisotopic (exact) mass is 224 g/mol. The van der Waals surface area contributed by atoms with E-state index in [1.807, 2.05) is 0 Å². The predicted octanol–water partition coefficient (Wildman–Crippen LogP) is 3.38. The fourth-order valence-corrected chi connectivity index (χ4v) is 1.29. The van der Waals surface area contributed by atoms with Crippen LogP contribution >= 0.6 is 27.5 Å². The third-order valence-corrected chi connectivity index (χ3v) is 2.97. The van der Waals surface area contributed by atoms with Crippen molar-refractivity contribution in [3.8, 4) is 0 Å². The summed E-state index contributed by atoms with van der Waals surface area (Å²) in [5, 5.41) is 0. The molecule has 0 heterocycles. The topological polar surface area (TPSA) is 0 Å². The van der Waals surface area contributed by atoms with Gasteiger partial charge in [0.1, 0.15) is 9.61 Å². The standard InChI is InChI=1S/C7H7BrClF/c1-5-6(10)3-2-4-7(5,8)9/h2-5H,1H3. The fraction of sp³-hybridized carbons (Fsp3) is 0.429. The minimum absolute atomic E-state index is 0.186. The molecule has 1 aliphatic rings. The SMILES string of the molecule is CC1C(F)=CC=CC1(Cl)Br. The number of halogens is 3. The number of hydrogen-bond acceptors (Lipinski definition) is 0. The summed E-state index contributed by atoms with van der Waals surface area (Å²) in [7, 11) is 0. The van der Waals surface area contributed by atoms with Crippen LogP contribution in [0.1, 0.15) is 6.92 Å². The lowest BCUT2D eigenvalue weighted by atomic mass is 10.0. The van der Waals surface area contributed by atoms with Gasteiger partial charge >= 0.3 is 0 Å². The van der Waals surface area contributed by atoms with Gasteiger partial charge in [-0.15, -0.1) is 11.6 Å². The van der Waals surface area contributed by atoms with Crippen molar-refractivity contribution in [1.82, 2.24) is 0 Å². The van der Waals surface area contributed by atoms with Crippen molar-refractivity contribution in [2.24, 2.45) is 5.92 Å². The van der Waals surface area contributed by atoms with Gasteiger partial charge in [0.2, 0.25) is 0 Å². The largest absolute Gasteiger partial charge is 0.211 e. The summed E-state index contributed by atoms with van der Waals surface area (Å²) < 4.78 is 12.0. The summed E-state index contributed by atoms with van der Waals surface area (Å²) in [4.78, 5) is 0. The van der Waals surface area contributed by atoms with Crippen molar-refractivity contribution in [3.05, 3.63) is 24.1 Å². The average Bonchev–Trinajstić information content (AvgIpc) is 1.83. The van der Waals surface area contributed by atoms with E-state index in [2.05, 4.69) is 15.9 Å². The van der Waals surface area contributed by atoms with Gasteiger partial charge in [-0.2, -0.15) is 0 Å².